The summed E-state index contributed by atoms with van der Waals surface area (Å²) < 4.78 is 5.19. The molecule has 88 valence electrons. The van der Waals surface area contributed by atoms with E-state index in [9.17, 15) is 4.79 Å². The molecule has 0 aromatic carbocycles. The summed E-state index contributed by atoms with van der Waals surface area (Å²) in [4.78, 5) is 11.4. The monoisotopic (exact) mass is 213 g/mol. The minimum absolute atomic E-state index is 0.289. The third-order valence-electron chi connectivity index (χ3n) is 2.87. The van der Waals surface area contributed by atoms with Gasteiger partial charge < -0.3 is 10.1 Å². The summed E-state index contributed by atoms with van der Waals surface area (Å²) in [6.45, 7) is 8.61. The third kappa shape index (κ3) is 4.54. The van der Waals surface area contributed by atoms with Crippen LogP contribution in [0, 0.1) is 5.41 Å². The molecule has 0 atom stereocenters. The zero-order valence-electron chi connectivity index (χ0n) is 10.4. The van der Waals surface area contributed by atoms with Crippen LogP contribution in [0.5, 0.6) is 0 Å². The Morgan fingerprint density at radius 1 is 1.33 bits per heavy atom. The largest absolute Gasteiger partial charge is 0.444 e. The lowest BCUT2D eigenvalue weighted by Gasteiger charge is -2.25. The molecule has 0 heterocycles. The van der Waals surface area contributed by atoms with Gasteiger partial charge in [-0.1, -0.05) is 19.8 Å². The molecule has 0 radical (unpaired) electrons. The quantitative estimate of drug-likeness (QED) is 0.765. The highest BCUT2D eigenvalue weighted by molar-refractivity contribution is 5.67. The maximum atomic E-state index is 11.4. The van der Waals surface area contributed by atoms with Crippen LogP contribution in [0.15, 0.2) is 0 Å². The van der Waals surface area contributed by atoms with E-state index in [-0.39, 0.29) is 11.5 Å². The summed E-state index contributed by atoms with van der Waals surface area (Å²) in [6, 6.07) is 0. The highest BCUT2D eigenvalue weighted by Gasteiger charge is 2.29. The SMILES string of the molecule is CC1(CNC(=O)OC(C)(C)C)CCCC1. The van der Waals surface area contributed by atoms with Crippen molar-refractivity contribution >= 4 is 6.09 Å². The molecule has 3 heteroatoms. The second kappa shape index (κ2) is 4.42. The van der Waals surface area contributed by atoms with Crippen molar-refractivity contribution in [1.29, 1.82) is 0 Å². The normalized spacial score (nSPS) is 20.0. The molecule has 1 rings (SSSR count). The number of rotatable bonds is 2. The number of carbonyl (C=O) groups excluding carboxylic acids is 1. The van der Waals surface area contributed by atoms with Crippen LogP contribution in [0.3, 0.4) is 0 Å². The van der Waals surface area contributed by atoms with Crippen LogP contribution < -0.4 is 5.32 Å². The number of hydrogen-bond acceptors (Lipinski definition) is 2. The van der Waals surface area contributed by atoms with E-state index in [4.69, 9.17) is 4.74 Å². The van der Waals surface area contributed by atoms with Gasteiger partial charge in [0.15, 0.2) is 0 Å². The summed E-state index contributed by atoms with van der Waals surface area (Å²) in [6.07, 6.45) is 4.69. The van der Waals surface area contributed by atoms with Crippen molar-refractivity contribution in [2.24, 2.45) is 5.41 Å². The maximum absolute atomic E-state index is 11.4. The molecular formula is C12H23NO2. The van der Waals surface area contributed by atoms with Gasteiger partial charge in [-0.2, -0.15) is 0 Å². The minimum atomic E-state index is -0.402. The second-order valence-corrected chi connectivity index (χ2v) is 5.87. The first kappa shape index (κ1) is 12.3. The van der Waals surface area contributed by atoms with E-state index in [1.165, 1.54) is 25.7 Å². The molecule has 0 aromatic heterocycles. The van der Waals surface area contributed by atoms with Gasteiger partial charge in [0.1, 0.15) is 5.60 Å². The summed E-state index contributed by atoms with van der Waals surface area (Å²) in [7, 11) is 0. The zero-order chi connectivity index (χ0) is 11.5. The van der Waals surface area contributed by atoms with Crippen molar-refractivity contribution in [2.75, 3.05) is 6.54 Å². The summed E-state index contributed by atoms with van der Waals surface area (Å²) >= 11 is 0. The molecule has 0 saturated heterocycles. The average Bonchev–Trinajstić information content (AvgIpc) is 2.47. The molecule has 0 aliphatic heterocycles. The molecule has 3 nitrogen and oxygen atoms in total. The van der Waals surface area contributed by atoms with Crippen molar-refractivity contribution in [3.8, 4) is 0 Å². The molecule has 0 aromatic rings. The van der Waals surface area contributed by atoms with Crippen LogP contribution in [-0.2, 0) is 4.74 Å². The molecule has 1 aliphatic carbocycles. The molecule has 0 spiro atoms. The Morgan fingerprint density at radius 2 is 1.87 bits per heavy atom. The van der Waals surface area contributed by atoms with Gasteiger partial charge in [-0.05, 0) is 39.0 Å². The van der Waals surface area contributed by atoms with Crippen molar-refractivity contribution in [2.45, 2.75) is 59.0 Å². The Hall–Kier alpha value is -0.730. The fourth-order valence-corrected chi connectivity index (χ4v) is 2.01. The first-order chi connectivity index (χ1) is 6.81. The summed E-state index contributed by atoms with van der Waals surface area (Å²) in [5, 5.41) is 2.86. The predicted octanol–water partition coefficient (Wildman–Crippen LogP) is 3.09. The smallest absolute Gasteiger partial charge is 0.407 e. The molecule has 0 bridgehead atoms. The molecule has 1 aliphatic rings. The van der Waals surface area contributed by atoms with Gasteiger partial charge in [0.25, 0.3) is 0 Å². The highest BCUT2D eigenvalue weighted by Crippen LogP contribution is 2.36. The standard InChI is InChI=1S/C12H23NO2/c1-11(2,3)15-10(14)13-9-12(4)7-5-6-8-12/h5-9H2,1-4H3,(H,13,14). The van der Waals surface area contributed by atoms with Crippen molar-refractivity contribution in [1.82, 2.24) is 5.32 Å². The highest BCUT2D eigenvalue weighted by atomic mass is 16.6. The summed E-state index contributed by atoms with van der Waals surface area (Å²) in [5.41, 5.74) is -0.114. The van der Waals surface area contributed by atoms with Crippen LogP contribution in [0.4, 0.5) is 4.79 Å². The summed E-state index contributed by atoms with van der Waals surface area (Å²) in [5.74, 6) is 0. The van der Waals surface area contributed by atoms with Gasteiger partial charge in [-0.15, -0.1) is 0 Å². The number of amides is 1. The lowest BCUT2D eigenvalue weighted by molar-refractivity contribution is 0.0504. The Kier molecular flexibility index (Phi) is 3.63. The molecule has 0 unspecified atom stereocenters. The van der Waals surface area contributed by atoms with E-state index in [1.807, 2.05) is 20.8 Å². The van der Waals surface area contributed by atoms with Crippen molar-refractivity contribution in [3.63, 3.8) is 0 Å². The van der Waals surface area contributed by atoms with E-state index in [1.54, 1.807) is 0 Å². The van der Waals surface area contributed by atoms with Gasteiger partial charge in [0.2, 0.25) is 0 Å². The lowest BCUT2D eigenvalue weighted by Crippen LogP contribution is -2.38. The van der Waals surface area contributed by atoms with Crippen molar-refractivity contribution < 1.29 is 9.53 Å². The Morgan fingerprint density at radius 3 is 2.33 bits per heavy atom. The van der Waals surface area contributed by atoms with Crippen LogP contribution in [0.25, 0.3) is 0 Å². The first-order valence-corrected chi connectivity index (χ1v) is 5.78. The fourth-order valence-electron chi connectivity index (χ4n) is 2.01. The molecule has 1 fully saturated rings. The van der Waals surface area contributed by atoms with E-state index in [2.05, 4.69) is 12.2 Å². The van der Waals surface area contributed by atoms with Gasteiger partial charge in [-0.3, -0.25) is 0 Å². The topological polar surface area (TPSA) is 38.3 Å². The van der Waals surface area contributed by atoms with E-state index in [0.29, 0.717) is 0 Å². The molecular weight excluding hydrogens is 190 g/mol. The van der Waals surface area contributed by atoms with Crippen molar-refractivity contribution in [3.05, 3.63) is 0 Å². The second-order valence-electron chi connectivity index (χ2n) is 5.87. The van der Waals surface area contributed by atoms with Crippen LogP contribution in [-0.4, -0.2) is 18.2 Å². The number of carbonyl (C=O) groups is 1. The minimum Gasteiger partial charge on any atom is -0.444 e. The zero-order valence-corrected chi connectivity index (χ0v) is 10.4. The fraction of sp³-hybridized carbons (Fsp3) is 0.917. The van der Waals surface area contributed by atoms with Crippen LogP contribution in [0.1, 0.15) is 53.4 Å². The average molecular weight is 213 g/mol. The maximum Gasteiger partial charge on any atom is 0.407 e. The molecule has 1 N–H and O–H groups in total. The number of hydrogen-bond donors (Lipinski definition) is 1. The predicted molar refractivity (Wildman–Crippen MR) is 60.8 cm³/mol. The van der Waals surface area contributed by atoms with E-state index < -0.39 is 5.60 Å². The van der Waals surface area contributed by atoms with E-state index in [0.717, 1.165) is 6.54 Å². The van der Waals surface area contributed by atoms with Gasteiger partial charge in [-0.25, -0.2) is 4.79 Å². The molecule has 1 saturated carbocycles. The molecule has 1 amide bonds. The molecule has 15 heavy (non-hydrogen) atoms. The Balaban J connectivity index is 2.28. The Labute approximate surface area is 92.6 Å². The van der Waals surface area contributed by atoms with Gasteiger partial charge >= 0.3 is 6.09 Å². The van der Waals surface area contributed by atoms with Crippen LogP contribution in [0.2, 0.25) is 0 Å². The first-order valence-electron chi connectivity index (χ1n) is 5.78. The Bertz CT molecular complexity index is 224. The van der Waals surface area contributed by atoms with E-state index >= 15 is 0 Å². The third-order valence-corrected chi connectivity index (χ3v) is 2.87. The number of nitrogens with one attached hydrogen (secondary N) is 1. The lowest BCUT2D eigenvalue weighted by atomic mass is 9.89. The number of alkyl carbamates (subject to hydrolysis) is 1. The number of ether oxygens (including phenoxy) is 1. The van der Waals surface area contributed by atoms with Gasteiger partial charge in [0.05, 0.1) is 0 Å². The van der Waals surface area contributed by atoms with Crippen LogP contribution >= 0.6 is 0 Å². The van der Waals surface area contributed by atoms with Gasteiger partial charge in [0, 0.05) is 6.54 Å².